The van der Waals surface area contributed by atoms with E-state index in [4.69, 9.17) is 4.74 Å². The number of pyridine rings is 1. The highest BCUT2D eigenvalue weighted by Crippen LogP contribution is 2.27. The van der Waals surface area contributed by atoms with Crippen LogP contribution in [0.1, 0.15) is 5.56 Å². The number of rotatable bonds is 2. The first kappa shape index (κ1) is 11.6. The van der Waals surface area contributed by atoms with E-state index in [-0.39, 0.29) is 0 Å². The van der Waals surface area contributed by atoms with Crippen LogP contribution in [-0.4, -0.2) is 22.1 Å². The van der Waals surface area contributed by atoms with E-state index in [1.165, 1.54) is 0 Å². The maximum absolute atomic E-state index is 5.35. The SMILES string of the molecule is COc1cc(-c2cnc3nccnc3c2)ccc1C. The molecule has 94 valence electrons. The van der Waals surface area contributed by atoms with Crippen molar-refractivity contribution < 1.29 is 4.74 Å². The molecule has 0 aliphatic rings. The zero-order chi connectivity index (χ0) is 13.2. The van der Waals surface area contributed by atoms with E-state index >= 15 is 0 Å². The second-order valence-electron chi connectivity index (χ2n) is 4.31. The molecule has 0 N–H and O–H groups in total. The van der Waals surface area contributed by atoms with Gasteiger partial charge in [-0.05, 0) is 30.2 Å². The number of nitrogens with zero attached hydrogens (tertiary/aromatic N) is 3. The van der Waals surface area contributed by atoms with Crippen molar-refractivity contribution in [1.82, 2.24) is 15.0 Å². The molecule has 0 unspecified atom stereocenters. The van der Waals surface area contributed by atoms with E-state index in [1.807, 2.05) is 25.1 Å². The van der Waals surface area contributed by atoms with E-state index in [9.17, 15) is 0 Å². The predicted octanol–water partition coefficient (Wildman–Crippen LogP) is 3.01. The Bertz CT molecular complexity index is 740. The topological polar surface area (TPSA) is 47.9 Å². The van der Waals surface area contributed by atoms with Gasteiger partial charge in [0, 0.05) is 24.2 Å². The molecule has 4 heteroatoms. The summed E-state index contributed by atoms with van der Waals surface area (Å²) in [6.45, 7) is 2.02. The number of ether oxygens (including phenoxy) is 1. The Morgan fingerprint density at radius 1 is 0.947 bits per heavy atom. The van der Waals surface area contributed by atoms with Gasteiger partial charge in [0.1, 0.15) is 11.3 Å². The Balaban J connectivity index is 2.13. The van der Waals surface area contributed by atoms with Crippen molar-refractivity contribution >= 4 is 11.2 Å². The summed E-state index contributed by atoms with van der Waals surface area (Å²) >= 11 is 0. The van der Waals surface area contributed by atoms with Gasteiger partial charge in [-0.1, -0.05) is 12.1 Å². The molecule has 0 aliphatic heterocycles. The third-order valence-corrected chi connectivity index (χ3v) is 3.07. The van der Waals surface area contributed by atoms with Crippen LogP contribution in [0.2, 0.25) is 0 Å². The Hall–Kier alpha value is -2.49. The van der Waals surface area contributed by atoms with Crippen molar-refractivity contribution in [2.24, 2.45) is 0 Å². The summed E-state index contributed by atoms with van der Waals surface area (Å²) in [6, 6.07) is 8.08. The van der Waals surface area contributed by atoms with Gasteiger partial charge in [-0.2, -0.15) is 0 Å². The van der Waals surface area contributed by atoms with Crippen LogP contribution in [0.3, 0.4) is 0 Å². The maximum atomic E-state index is 5.35. The molecule has 0 fully saturated rings. The standard InChI is InChI=1S/C15H13N3O/c1-10-3-4-11(8-14(10)19-2)12-7-13-15(18-9-12)17-6-5-16-13/h3-9H,1-2H3. The number of benzene rings is 1. The molecule has 3 rings (SSSR count). The Labute approximate surface area is 111 Å². The van der Waals surface area contributed by atoms with Crippen LogP contribution in [0, 0.1) is 6.92 Å². The number of aryl methyl sites for hydroxylation is 1. The van der Waals surface area contributed by atoms with Gasteiger partial charge in [0.25, 0.3) is 0 Å². The highest BCUT2D eigenvalue weighted by atomic mass is 16.5. The molecule has 0 saturated carbocycles. The van der Waals surface area contributed by atoms with Gasteiger partial charge in [0.2, 0.25) is 0 Å². The number of fused-ring (bicyclic) bond motifs is 1. The largest absolute Gasteiger partial charge is 0.496 e. The monoisotopic (exact) mass is 251 g/mol. The van der Waals surface area contributed by atoms with Gasteiger partial charge in [-0.15, -0.1) is 0 Å². The lowest BCUT2D eigenvalue weighted by Crippen LogP contribution is -1.90. The number of methoxy groups -OCH3 is 1. The highest BCUT2D eigenvalue weighted by Gasteiger charge is 2.05. The van der Waals surface area contributed by atoms with Crippen molar-refractivity contribution in [3.05, 3.63) is 48.4 Å². The zero-order valence-corrected chi connectivity index (χ0v) is 10.8. The molecule has 3 aromatic rings. The molecule has 0 radical (unpaired) electrons. The summed E-state index contributed by atoms with van der Waals surface area (Å²) in [5.41, 5.74) is 4.62. The quantitative estimate of drug-likeness (QED) is 0.702. The number of hydrogen-bond acceptors (Lipinski definition) is 4. The molecule has 0 spiro atoms. The third-order valence-electron chi connectivity index (χ3n) is 3.07. The van der Waals surface area contributed by atoms with Gasteiger partial charge in [-0.25, -0.2) is 9.97 Å². The van der Waals surface area contributed by atoms with Gasteiger partial charge < -0.3 is 4.74 Å². The number of hydrogen-bond donors (Lipinski definition) is 0. The van der Waals surface area contributed by atoms with Crippen molar-refractivity contribution in [3.8, 4) is 16.9 Å². The van der Waals surface area contributed by atoms with Crippen LogP contribution >= 0.6 is 0 Å². The first-order valence-corrected chi connectivity index (χ1v) is 6.00. The summed E-state index contributed by atoms with van der Waals surface area (Å²) in [6.07, 6.45) is 5.12. The molecule has 2 aromatic heterocycles. The fourth-order valence-electron chi connectivity index (χ4n) is 2.02. The maximum Gasteiger partial charge on any atom is 0.178 e. The zero-order valence-electron chi connectivity index (χ0n) is 10.8. The van der Waals surface area contributed by atoms with E-state index in [0.717, 1.165) is 28.0 Å². The van der Waals surface area contributed by atoms with Gasteiger partial charge in [0.05, 0.1) is 7.11 Å². The normalized spacial score (nSPS) is 10.6. The van der Waals surface area contributed by atoms with Crippen molar-refractivity contribution in [3.63, 3.8) is 0 Å². The van der Waals surface area contributed by atoms with Crippen molar-refractivity contribution in [2.45, 2.75) is 6.92 Å². The second kappa shape index (κ2) is 4.65. The molecule has 0 saturated heterocycles. The molecular formula is C15H13N3O. The van der Waals surface area contributed by atoms with Gasteiger partial charge in [0.15, 0.2) is 5.65 Å². The second-order valence-corrected chi connectivity index (χ2v) is 4.31. The fourth-order valence-corrected chi connectivity index (χ4v) is 2.02. The lowest BCUT2D eigenvalue weighted by molar-refractivity contribution is 0.412. The summed E-state index contributed by atoms with van der Waals surface area (Å²) in [4.78, 5) is 12.8. The molecule has 0 aliphatic carbocycles. The summed E-state index contributed by atoms with van der Waals surface area (Å²) in [5.74, 6) is 0.872. The lowest BCUT2D eigenvalue weighted by Gasteiger charge is -2.08. The van der Waals surface area contributed by atoms with E-state index in [1.54, 1.807) is 25.7 Å². The van der Waals surface area contributed by atoms with E-state index in [0.29, 0.717) is 5.65 Å². The average molecular weight is 251 g/mol. The molecule has 2 heterocycles. The average Bonchev–Trinajstić information content (AvgIpc) is 2.47. The Kier molecular flexibility index (Phi) is 2.83. The summed E-state index contributed by atoms with van der Waals surface area (Å²) in [5, 5.41) is 0. The fraction of sp³-hybridized carbons (Fsp3) is 0.133. The smallest absolute Gasteiger partial charge is 0.178 e. The molecule has 1 aromatic carbocycles. The number of aromatic nitrogens is 3. The van der Waals surface area contributed by atoms with Gasteiger partial charge in [-0.3, -0.25) is 4.98 Å². The van der Waals surface area contributed by atoms with Crippen LogP contribution in [-0.2, 0) is 0 Å². The molecule has 0 atom stereocenters. The first-order chi connectivity index (χ1) is 9.28. The van der Waals surface area contributed by atoms with Crippen molar-refractivity contribution in [2.75, 3.05) is 7.11 Å². The first-order valence-electron chi connectivity index (χ1n) is 6.00. The molecular weight excluding hydrogens is 238 g/mol. The molecule has 19 heavy (non-hydrogen) atoms. The van der Waals surface area contributed by atoms with Crippen molar-refractivity contribution in [1.29, 1.82) is 0 Å². The predicted molar refractivity (Wildman–Crippen MR) is 74.1 cm³/mol. The van der Waals surface area contributed by atoms with Crippen LogP contribution in [0.4, 0.5) is 0 Å². The van der Waals surface area contributed by atoms with E-state index in [2.05, 4.69) is 21.0 Å². The molecule has 4 nitrogen and oxygen atoms in total. The van der Waals surface area contributed by atoms with Crippen LogP contribution in [0.25, 0.3) is 22.3 Å². The van der Waals surface area contributed by atoms with Gasteiger partial charge >= 0.3 is 0 Å². The lowest BCUT2D eigenvalue weighted by atomic mass is 10.0. The third kappa shape index (κ3) is 2.12. The molecule has 0 amide bonds. The van der Waals surface area contributed by atoms with Crippen LogP contribution in [0.5, 0.6) is 5.75 Å². The van der Waals surface area contributed by atoms with Crippen LogP contribution < -0.4 is 4.74 Å². The summed E-state index contributed by atoms with van der Waals surface area (Å²) < 4.78 is 5.35. The minimum absolute atomic E-state index is 0.658. The minimum atomic E-state index is 0.658. The Morgan fingerprint density at radius 2 is 1.79 bits per heavy atom. The minimum Gasteiger partial charge on any atom is -0.496 e. The summed E-state index contributed by atoms with van der Waals surface area (Å²) in [7, 11) is 1.68. The Morgan fingerprint density at radius 3 is 2.63 bits per heavy atom. The van der Waals surface area contributed by atoms with E-state index < -0.39 is 0 Å². The van der Waals surface area contributed by atoms with Crippen LogP contribution in [0.15, 0.2) is 42.9 Å². The highest BCUT2D eigenvalue weighted by molar-refractivity contribution is 5.77. The molecule has 0 bridgehead atoms.